The highest BCUT2D eigenvalue weighted by Gasteiger charge is 2.27. The molecule has 6 rings (SSSR count). The van der Waals surface area contributed by atoms with Gasteiger partial charge in [0.1, 0.15) is 0 Å². The molecule has 0 heterocycles. The van der Waals surface area contributed by atoms with Crippen molar-refractivity contribution in [3.63, 3.8) is 0 Å². The first-order valence-electron chi connectivity index (χ1n) is 9.65. The number of benzene rings is 2. The van der Waals surface area contributed by atoms with E-state index in [0.29, 0.717) is 0 Å². The van der Waals surface area contributed by atoms with E-state index < -0.39 is 0 Å². The van der Waals surface area contributed by atoms with E-state index in [1.165, 1.54) is 11.1 Å². The zero-order chi connectivity index (χ0) is 19.5. The van der Waals surface area contributed by atoms with Crippen LogP contribution in [0, 0.1) is 41.5 Å². The molecule has 2 aromatic rings. The lowest BCUT2D eigenvalue weighted by Crippen LogP contribution is -2.26. The maximum atomic E-state index is 2.43. The van der Waals surface area contributed by atoms with Gasteiger partial charge in [0.25, 0.3) is 0 Å². The van der Waals surface area contributed by atoms with E-state index in [-0.39, 0.29) is 15.8 Å². The molecule has 0 fully saturated rings. The Hall–Kier alpha value is -0.700. The second-order valence-corrected chi connectivity index (χ2v) is 13.0. The maximum Gasteiger partial charge on any atom is -0.00110 e. The van der Waals surface area contributed by atoms with Gasteiger partial charge in [-0.25, -0.2) is 0 Å². The maximum absolute atomic E-state index is 2.43. The molecule has 2 aromatic carbocycles. The highest BCUT2D eigenvalue weighted by Crippen LogP contribution is 2.40. The Kier molecular flexibility index (Phi) is 5.42. The Balaban J connectivity index is 2.50. The summed E-state index contributed by atoms with van der Waals surface area (Å²) in [4.78, 5) is 0. The molecular formula is C24H34P2. The summed E-state index contributed by atoms with van der Waals surface area (Å²) in [6, 6.07) is 0. The van der Waals surface area contributed by atoms with Gasteiger partial charge >= 0.3 is 0 Å². The molecule has 2 heteroatoms. The average molecular weight is 384 g/mol. The third kappa shape index (κ3) is 2.89. The standard InChI is InChI=1S/C24H34P2/c1-13-15(3)21-12-20-14(2)16(4)22(24(18(20)6)26(9)10)11-19(13)17(5)23(21)25(7)8/h11-12H2,1-10H3. The summed E-state index contributed by atoms with van der Waals surface area (Å²) < 4.78 is 0. The van der Waals surface area contributed by atoms with Crippen LogP contribution in [0.5, 0.6) is 0 Å². The van der Waals surface area contributed by atoms with Gasteiger partial charge < -0.3 is 0 Å². The topological polar surface area (TPSA) is 0 Å². The van der Waals surface area contributed by atoms with Crippen LogP contribution in [0.1, 0.15) is 55.6 Å². The van der Waals surface area contributed by atoms with Crippen molar-refractivity contribution >= 4 is 26.5 Å². The molecule has 0 saturated carbocycles. The van der Waals surface area contributed by atoms with Crippen LogP contribution in [-0.4, -0.2) is 26.7 Å². The van der Waals surface area contributed by atoms with Crippen LogP contribution in [0.15, 0.2) is 0 Å². The molecule has 0 aromatic heterocycles. The van der Waals surface area contributed by atoms with Crippen LogP contribution in [-0.2, 0) is 12.8 Å². The summed E-state index contributed by atoms with van der Waals surface area (Å²) in [5, 5.41) is 3.35. The third-order valence-electron chi connectivity index (χ3n) is 6.72. The SMILES string of the molecule is Cc1c(C)c2c(P(C)C)c(C)c1Cc1c(C)c(C)c(c(C)c1P(C)C)C2. The molecule has 0 saturated heterocycles. The van der Waals surface area contributed by atoms with E-state index >= 15 is 0 Å². The molecule has 0 radical (unpaired) electrons. The summed E-state index contributed by atoms with van der Waals surface area (Å²) in [7, 11) is -0.206. The molecule has 0 atom stereocenters. The van der Waals surface area contributed by atoms with Gasteiger partial charge in [0.15, 0.2) is 0 Å². The number of hydrogen-bond donors (Lipinski definition) is 0. The Morgan fingerprint density at radius 1 is 0.423 bits per heavy atom. The highest BCUT2D eigenvalue weighted by atomic mass is 31.1. The van der Waals surface area contributed by atoms with Crippen molar-refractivity contribution in [2.75, 3.05) is 26.7 Å². The fourth-order valence-electron chi connectivity index (χ4n) is 5.09. The molecule has 0 amide bonds. The lowest BCUT2D eigenvalue weighted by atomic mass is 9.80. The normalized spacial score (nSPS) is 13.4. The zero-order valence-corrected chi connectivity index (χ0v) is 20.1. The first-order valence-corrected chi connectivity index (χ1v) is 14.1. The van der Waals surface area contributed by atoms with Gasteiger partial charge in [0.05, 0.1) is 0 Å². The van der Waals surface area contributed by atoms with Crippen molar-refractivity contribution in [2.45, 2.75) is 54.4 Å². The lowest BCUT2D eigenvalue weighted by molar-refractivity contribution is 1.01. The van der Waals surface area contributed by atoms with Gasteiger partial charge in [0, 0.05) is 0 Å². The Morgan fingerprint density at radius 3 is 0.962 bits per heavy atom. The summed E-state index contributed by atoms with van der Waals surface area (Å²) >= 11 is 0. The summed E-state index contributed by atoms with van der Waals surface area (Å²) in [5.74, 6) is 0. The van der Waals surface area contributed by atoms with Gasteiger partial charge in [-0.2, -0.15) is 0 Å². The number of rotatable bonds is 2. The zero-order valence-electron chi connectivity index (χ0n) is 18.3. The molecule has 0 nitrogen and oxygen atoms in total. The van der Waals surface area contributed by atoms with Gasteiger partial charge in [-0.15, -0.1) is 0 Å². The smallest absolute Gasteiger partial charge is 0.00110 e. The van der Waals surface area contributed by atoms with Gasteiger partial charge in [0.2, 0.25) is 0 Å². The quantitative estimate of drug-likeness (QED) is 0.492. The van der Waals surface area contributed by atoms with E-state index in [9.17, 15) is 0 Å². The Bertz CT molecular complexity index is 826. The first-order chi connectivity index (χ1) is 12.1. The van der Waals surface area contributed by atoms with E-state index in [0.717, 1.165) is 12.8 Å². The van der Waals surface area contributed by atoms with Crippen molar-refractivity contribution in [1.29, 1.82) is 0 Å². The average Bonchev–Trinajstić information content (AvgIpc) is 2.55. The summed E-state index contributed by atoms with van der Waals surface area (Å²) in [5.41, 5.74) is 15.8. The van der Waals surface area contributed by atoms with E-state index in [2.05, 4.69) is 68.2 Å². The molecule has 0 aliphatic heterocycles. The fourth-order valence-corrected chi connectivity index (χ4v) is 8.27. The van der Waals surface area contributed by atoms with Crippen LogP contribution in [0.25, 0.3) is 0 Å². The van der Waals surface area contributed by atoms with Crippen molar-refractivity contribution in [3.05, 3.63) is 55.6 Å². The molecule has 4 aliphatic carbocycles. The van der Waals surface area contributed by atoms with Crippen molar-refractivity contribution in [1.82, 2.24) is 0 Å². The van der Waals surface area contributed by atoms with Crippen LogP contribution in [0.4, 0.5) is 0 Å². The van der Waals surface area contributed by atoms with Gasteiger partial charge in [-0.05, 0) is 147 Å². The van der Waals surface area contributed by atoms with Crippen LogP contribution in [0.3, 0.4) is 0 Å². The molecule has 4 aliphatic rings. The van der Waals surface area contributed by atoms with Crippen molar-refractivity contribution in [3.8, 4) is 0 Å². The van der Waals surface area contributed by atoms with Crippen LogP contribution in [0.2, 0.25) is 0 Å². The van der Waals surface area contributed by atoms with Gasteiger partial charge in [-0.1, -0.05) is 15.8 Å². The second-order valence-electron chi connectivity index (χ2n) is 8.50. The molecule has 4 bridgehead atoms. The highest BCUT2D eigenvalue weighted by molar-refractivity contribution is 7.64. The lowest BCUT2D eigenvalue weighted by Gasteiger charge is -2.31. The fraction of sp³-hybridized carbons (Fsp3) is 0.500. The van der Waals surface area contributed by atoms with Crippen molar-refractivity contribution < 1.29 is 0 Å². The number of hydrogen-bond acceptors (Lipinski definition) is 0. The summed E-state index contributed by atoms with van der Waals surface area (Å²) in [6.07, 6.45) is 2.22. The summed E-state index contributed by atoms with van der Waals surface area (Å²) in [6.45, 7) is 24.0. The molecule has 140 valence electrons. The van der Waals surface area contributed by atoms with Crippen LogP contribution >= 0.6 is 15.8 Å². The minimum atomic E-state index is -0.103. The molecular weight excluding hydrogens is 350 g/mol. The monoisotopic (exact) mass is 384 g/mol. The minimum absolute atomic E-state index is 0.103. The van der Waals surface area contributed by atoms with E-state index in [1.54, 1.807) is 55.1 Å². The molecule has 0 N–H and O–H groups in total. The van der Waals surface area contributed by atoms with E-state index in [4.69, 9.17) is 0 Å². The molecule has 0 spiro atoms. The largest absolute Gasteiger partial charge is 0.0811 e. The molecule has 26 heavy (non-hydrogen) atoms. The van der Waals surface area contributed by atoms with Gasteiger partial charge in [-0.3, -0.25) is 0 Å². The predicted octanol–water partition coefficient (Wildman–Crippen LogP) is 5.77. The van der Waals surface area contributed by atoms with Crippen LogP contribution < -0.4 is 10.6 Å². The van der Waals surface area contributed by atoms with Crippen molar-refractivity contribution in [2.24, 2.45) is 0 Å². The minimum Gasteiger partial charge on any atom is -0.0811 e. The Labute approximate surface area is 163 Å². The second kappa shape index (κ2) is 7.04. The molecule has 0 unspecified atom stereocenters. The Morgan fingerprint density at radius 2 is 0.692 bits per heavy atom. The first kappa shape index (κ1) is 20.0. The predicted molar refractivity (Wildman–Crippen MR) is 124 cm³/mol. The third-order valence-corrected chi connectivity index (χ3v) is 9.72. The van der Waals surface area contributed by atoms with E-state index in [1.807, 2.05) is 0 Å².